The molecule has 1 aliphatic heterocycles. The smallest absolute Gasteiger partial charge is 0.338 e. The molecule has 1 amide bonds. The summed E-state index contributed by atoms with van der Waals surface area (Å²) in [5, 5.41) is 0. The van der Waals surface area contributed by atoms with Gasteiger partial charge in [-0.2, -0.15) is 0 Å². The maximum Gasteiger partial charge on any atom is 0.338 e. The van der Waals surface area contributed by atoms with Gasteiger partial charge in [0.2, 0.25) is 0 Å². The molecule has 1 unspecified atom stereocenters. The molecule has 1 aromatic carbocycles. The molecule has 0 aliphatic carbocycles. The van der Waals surface area contributed by atoms with E-state index in [2.05, 4.69) is 0 Å². The highest BCUT2D eigenvalue weighted by Crippen LogP contribution is 2.26. The molecule has 136 valence electrons. The summed E-state index contributed by atoms with van der Waals surface area (Å²) in [6, 6.07) is 8.61. The Morgan fingerprint density at radius 1 is 1.24 bits per heavy atom. The van der Waals surface area contributed by atoms with Gasteiger partial charge in [-0.25, -0.2) is 4.79 Å². The first kappa shape index (κ1) is 18.9. The Kier molecular flexibility index (Phi) is 6.14. The van der Waals surface area contributed by atoms with Crippen LogP contribution in [0.3, 0.4) is 0 Å². The van der Waals surface area contributed by atoms with Crippen molar-refractivity contribution >= 4 is 17.8 Å². The summed E-state index contributed by atoms with van der Waals surface area (Å²) in [5.74, 6) is -1.16. The quantitative estimate of drug-likeness (QED) is 0.698. The van der Waals surface area contributed by atoms with E-state index in [1.807, 2.05) is 0 Å². The topological polar surface area (TPSA) is 82.1 Å². The van der Waals surface area contributed by atoms with Gasteiger partial charge in [0.1, 0.15) is 19.4 Å². The van der Waals surface area contributed by atoms with Gasteiger partial charge in [-0.3, -0.25) is 9.59 Å². The Labute approximate surface area is 146 Å². The number of nitrogens with zero attached hydrogens (tertiary/aromatic N) is 1. The Balaban J connectivity index is 2.01. The van der Waals surface area contributed by atoms with E-state index in [9.17, 15) is 14.4 Å². The van der Waals surface area contributed by atoms with Gasteiger partial charge in [0.25, 0.3) is 5.91 Å². The van der Waals surface area contributed by atoms with Crippen molar-refractivity contribution in [1.82, 2.24) is 4.90 Å². The number of amides is 1. The first-order valence-corrected chi connectivity index (χ1v) is 8.16. The molecule has 7 nitrogen and oxygen atoms in total. The lowest BCUT2D eigenvalue weighted by atomic mass is 10.0. The van der Waals surface area contributed by atoms with Crippen LogP contribution < -0.4 is 0 Å². The van der Waals surface area contributed by atoms with Gasteiger partial charge in [0.05, 0.1) is 24.1 Å². The molecule has 25 heavy (non-hydrogen) atoms. The van der Waals surface area contributed by atoms with E-state index in [1.54, 1.807) is 51.1 Å². The number of rotatable bonds is 7. The number of ether oxygens (including phenoxy) is 3. The molecule has 0 radical (unpaired) electrons. The summed E-state index contributed by atoms with van der Waals surface area (Å²) >= 11 is 0. The maximum atomic E-state index is 12.2. The van der Waals surface area contributed by atoms with E-state index < -0.39 is 23.7 Å². The monoisotopic (exact) mass is 349 g/mol. The maximum absolute atomic E-state index is 12.2. The first-order chi connectivity index (χ1) is 11.8. The Hall–Kier alpha value is -2.41. The van der Waals surface area contributed by atoms with Crippen molar-refractivity contribution in [2.24, 2.45) is 0 Å². The fraction of sp³-hybridized carbons (Fsp3) is 0.500. The zero-order valence-corrected chi connectivity index (χ0v) is 14.7. The second-order valence-corrected chi connectivity index (χ2v) is 6.29. The van der Waals surface area contributed by atoms with Crippen LogP contribution in [0.4, 0.5) is 0 Å². The van der Waals surface area contributed by atoms with Gasteiger partial charge in [-0.05, 0) is 32.9 Å². The molecule has 1 saturated heterocycles. The van der Waals surface area contributed by atoms with Crippen LogP contribution in [0.25, 0.3) is 0 Å². The molecule has 1 heterocycles. The largest absolute Gasteiger partial charge is 0.466 e. The zero-order valence-electron chi connectivity index (χ0n) is 14.7. The number of hydrogen-bond donors (Lipinski definition) is 0. The average molecular weight is 349 g/mol. The van der Waals surface area contributed by atoms with Gasteiger partial charge in [0, 0.05) is 0 Å². The second-order valence-electron chi connectivity index (χ2n) is 6.29. The molecule has 1 fully saturated rings. The standard InChI is InChI=1S/C18H23NO6/c1-4-23-16(21)10-15-19(14(20)11-24-15)18(2,3)12-25-17(22)13-8-6-5-7-9-13/h5-9,15H,4,10-12H2,1-3H3. The molecular formula is C18H23NO6. The van der Waals surface area contributed by atoms with Crippen LogP contribution in [0.5, 0.6) is 0 Å². The predicted molar refractivity (Wildman–Crippen MR) is 88.6 cm³/mol. The van der Waals surface area contributed by atoms with Crippen LogP contribution in [-0.2, 0) is 23.8 Å². The fourth-order valence-electron chi connectivity index (χ4n) is 2.68. The molecule has 0 N–H and O–H groups in total. The zero-order chi connectivity index (χ0) is 18.4. The van der Waals surface area contributed by atoms with E-state index in [0.29, 0.717) is 5.56 Å². The Bertz CT molecular complexity index is 628. The third-order valence-corrected chi connectivity index (χ3v) is 3.82. The minimum Gasteiger partial charge on any atom is -0.466 e. The first-order valence-electron chi connectivity index (χ1n) is 8.16. The van der Waals surface area contributed by atoms with Gasteiger partial charge >= 0.3 is 11.9 Å². The van der Waals surface area contributed by atoms with E-state index >= 15 is 0 Å². The molecule has 0 saturated carbocycles. The van der Waals surface area contributed by atoms with Crippen molar-refractivity contribution in [1.29, 1.82) is 0 Å². The minimum absolute atomic E-state index is 0.0187. The molecule has 1 aliphatic rings. The van der Waals surface area contributed by atoms with Crippen molar-refractivity contribution in [3.63, 3.8) is 0 Å². The summed E-state index contributed by atoms with van der Waals surface area (Å²) < 4.78 is 15.7. The third-order valence-electron chi connectivity index (χ3n) is 3.82. The van der Waals surface area contributed by atoms with Gasteiger partial charge in [-0.15, -0.1) is 0 Å². The van der Waals surface area contributed by atoms with Crippen LogP contribution in [0.2, 0.25) is 0 Å². The summed E-state index contributed by atoms with van der Waals surface area (Å²) in [7, 11) is 0. The molecule has 1 atom stereocenters. The second kappa shape index (κ2) is 8.11. The summed E-state index contributed by atoms with van der Waals surface area (Å²) in [5.41, 5.74) is -0.389. The van der Waals surface area contributed by atoms with Crippen molar-refractivity contribution in [3.8, 4) is 0 Å². The van der Waals surface area contributed by atoms with Crippen molar-refractivity contribution in [3.05, 3.63) is 35.9 Å². The molecule has 0 bridgehead atoms. The van der Waals surface area contributed by atoms with Crippen molar-refractivity contribution in [2.75, 3.05) is 19.8 Å². The van der Waals surface area contributed by atoms with E-state index in [0.717, 1.165) is 0 Å². The summed E-state index contributed by atoms with van der Waals surface area (Å²) in [4.78, 5) is 37.4. The van der Waals surface area contributed by atoms with Gasteiger partial charge < -0.3 is 19.1 Å². The predicted octanol–water partition coefficient (Wildman–Crippen LogP) is 1.76. The van der Waals surface area contributed by atoms with E-state index in [-0.39, 0.29) is 32.1 Å². The number of hydrogen-bond acceptors (Lipinski definition) is 6. The highest BCUT2D eigenvalue weighted by molar-refractivity contribution is 5.89. The molecule has 2 rings (SSSR count). The Morgan fingerprint density at radius 3 is 2.56 bits per heavy atom. The molecule has 0 aromatic heterocycles. The minimum atomic E-state index is -0.824. The van der Waals surface area contributed by atoms with Gasteiger partial charge in [-0.1, -0.05) is 18.2 Å². The summed E-state index contributed by atoms with van der Waals surface area (Å²) in [6.45, 7) is 5.36. The third kappa shape index (κ3) is 4.79. The molecule has 1 aromatic rings. The highest BCUT2D eigenvalue weighted by Gasteiger charge is 2.43. The lowest BCUT2D eigenvalue weighted by Crippen LogP contribution is -2.53. The SMILES string of the molecule is CCOC(=O)CC1OCC(=O)N1C(C)(C)COC(=O)c1ccccc1. The Morgan fingerprint density at radius 2 is 1.92 bits per heavy atom. The fourth-order valence-corrected chi connectivity index (χ4v) is 2.68. The van der Waals surface area contributed by atoms with E-state index in [1.165, 1.54) is 4.90 Å². The van der Waals surface area contributed by atoms with Gasteiger partial charge in [0.15, 0.2) is 0 Å². The number of benzene rings is 1. The van der Waals surface area contributed by atoms with Crippen LogP contribution in [-0.4, -0.2) is 54.3 Å². The molecule has 7 heteroatoms. The molecular weight excluding hydrogens is 326 g/mol. The number of carbonyl (C=O) groups is 3. The van der Waals surface area contributed by atoms with Crippen LogP contribution in [0.15, 0.2) is 30.3 Å². The van der Waals surface area contributed by atoms with E-state index in [4.69, 9.17) is 14.2 Å². The molecule has 0 spiro atoms. The summed E-state index contributed by atoms with van der Waals surface area (Å²) in [6.07, 6.45) is -0.785. The van der Waals surface area contributed by atoms with Crippen molar-refractivity contribution in [2.45, 2.75) is 39.0 Å². The van der Waals surface area contributed by atoms with Crippen LogP contribution in [0, 0.1) is 0 Å². The van der Waals surface area contributed by atoms with Crippen LogP contribution in [0.1, 0.15) is 37.6 Å². The number of carbonyl (C=O) groups excluding carboxylic acids is 3. The number of esters is 2. The van der Waals surface area contributed by atoms with Crippen molar-refractivity contribution < 1.29 is 28.6 Å². The normalized spacial score (nSPS) is 17.5. The average Bonchev–Trinajstić information content (AvgIpc) is 2.95. The van der Waals surface area contributed by atoms with Crippen LogP contribution >= 0.6 is 0 Å². The lowest BCUT2D eigenvalue weighted by molar-refractivity contribution is -0.151. The lowest BCUT2D eigenvalue weighted by Gasteiger charge is -2.37. The highest BCUT2D eigenvalue weighted by atomic mass is 16.6.